The molecule has 2 N–H and O–H groups in total. The first-order chi connectivity index (χ1) is 15.1. The van der Waals surface area contributed by atoms with Crippen LogP contribution in [-0.2, 0) is 11.3 Å². The van der Waals surface area contributed by atoms with Crippen molar-refractivity contribution in [3.8, 4) is 11.1 Å². The predicted octanol–water partition coefficient (Wildman–Crippen LogP) is 5.48. The minimum absolute atomic E-state index is 0.101. The van der Waals surface area contributed by atoms with Crippen molar-refractivity contribution in [1.82, 2.24) is 10.6 Å². The van der Waals surface area contributed by atoms with Gasteiger partial charge in [0.1, 0.15) is 6.10 Å². The summed E-state index contributed by atoms with van der Waals surface area (Å²) in [4.78, 5) is 25.0. The molecule has 0 saturated carbocycles. The van der Waals surface area contributed by atoms with Crippen LogP contribution >= 0.6 is 0 Å². The van der Waals surface area contributed by atoms with Crippen LogP contribution in [0, 0.1) is 0 Å². The quantitative estimate of drug-likeness (QED) is 0.511. The molecule has 3 aromatic carbocycles. The number of carbonyl (C=O) groups excluding carboxylic acids is 2. The van der Waals surface area contributed by atoms with Crippen LogP contribution in [0.2, 0.25) is 0 Å². The maximum atomic E-state index is 12.6. The van der Waals surface area contributed by atoms with E-state index in [1.807, 2.05) is 92.7 Å². The van der Waals surface area contributed by atoms with E-state index in [1.54, 1.807) is 0 Å². The van der Waals surface area contributed by atoms with Crippen molar-refractivity contribution in [2.75, 3.05) is 6.54 Å². The van der Waals surface area contributed by atoms with Crippen molar-refractivity contribution in [1.29, 1.82) is 0 Å². The lowest BCUT2D eigenvalue weighted by atomic mass is 9.95. The van der Waals surface area contributed by atoms with Crippen molar-refractivity contribution in [3.63, 3.8) is 0 Å². The van der Waals surface area contributed by atoms with Gasteiger partial charge in [-0.2, -0.15) is 0 Å². The smallest absolute Gasteiger partial charge is 0.408 e. The Morgan fingerprint density at radius 2 is 1.48 bits per heavy atom. The van der Waals surface area contributed by atoms with E-state index in [1.165, 1.54) is 0 Å². The van der Waals surface area contributed by atoms with Crippen molar-refractivity contribution in [2.45, 2.75) is 32.9 Å². The van der Waals surface area contributed by atoms with Crippen LogP contribution in [0.5, 0.6) is 0 Å². The van der Waals surface area contributed by atoms with Crippen LogP contribution in [0.4, 0.5) is 4.79 Å². The predicted molar refractivity (Wildman–Crippen MR) is 123 cm³/mol. The molecule has 0 aliphatic rings. The zero-order chi connectivity index (χ0) is 22.1. The molecule has 160 valence electrons. The summed E-state index contributed by atoms with van der Waals surface area (Å²) < 4.78 is 5.50. The number of alkyl carbamates (subject to hydrolysis) is 1. The van der Waals surface area contributed by atoms with Gasteiger partial charge in [-0.05, 0) is 41.7 Å². The molecular weight excluding hydrogens is 388 g/mol. The Morgan fingerprint density at radius 3 is 2.23 bits per heavy atom. The van der Waals surface area contributed by atoms with Gasteiger partial charge in [0.2, 0.25) is 0 Å². The summed E-state index contributed by atoms with van der Waals surface area (Å²) in [5.41, 5.74) is 4.19. The van der Waals surface area contributed by atoms with Gasteiger partial charge in [0, 0.05) is 18.7 Å². The number of nitrogens with one attached hydrogen (secondary N) is 2. The molecule has 0 aliphatic carbocycles. The third-order valence-electron chi connectivity index (χ3n) is 4.99. The first-order valence-corrected chi connectivity index (χ1v) is 10.5. The van der Waals surface area contributed by atoms with Crippen LogP contribution in [0.15, 0.2) is 78.9 Å². The molecule has 3 rings (SSSR count). The van der Waals surface area contributed by atoms with E-state index in [9.17, 15) is 9.59 Å². The molecule has 0 saturated heterocycles. The molecule has 2 amide bonds. The summed E-state index contributed by atoms with van der Waals surface area (Å²) >= 11 is 0. The van der Waals surface area contributed by atoms with Crippen LogP contribution in [0.1, 0.15) is 47.9 Å². The standard InChI is InChI=1S/C26H28N2O3/c1-3-17-27-25(29)24-16-10-9-15-23(24)22-14-8-7-13-21(22)18-28-26(30)31-19(2)20-11-5-4-6-12-20/h4-16,19H,3,17-18H2,1-2H3,(H,27,29)(H,28,30)/t19-/m0/s1. The van der Waals surface area contributed by atoms with Crippen LogP contribution in [-0.4, -0.2) is 18.5 Å². The first-order valence-electron chi connectivity index (χ1n) is 10.5. The van der Waals surface area contributed by atoms with Gasteiger partial charge in [-0.25, -0.2) is 4.79 Å². The number of benzene rings is 3. The normalized spacial score (nSPS) is 11.4. The molecule has 0 unspecified atom stereocenters. The highest BCUT2D eigenvalue weighted by Gasteiger charge is 2.16. The highest BCUT2D eigenvalue weighted by molar-refractivity contribution is 6.01. The minimum atomic E-state index is -0.486. The second kappa shape index (κ2) is 11.0. The number of hydrogen-bond donors (Lipinski definition) is 2. The molecule has 0 spiro atoms. The van der Waals surface area contributed by atoms with Gasteiger partial charge in [0.25, 0.3) is 5.91 Å². The molecule has 0 bridgehead atoms. The molecule has 31 heavy (non-hydrogen) atoms. The Hall–Kier alpha value is -3.60. The maximum absolute atomic E-state index is 12.6. The summed E-state index contributed by atoms with van der Waals surface area (Å²) in [7, 11) is 0. The van der Waals surface area contributed by atoms with E-state index < -0.39 is 6.09 Å². The molecular formula is C26H28N2O3. The Balaban J connectivity index is 1.73. The highest BCUT2D eigenvalue weighted by Crippen LogP contribution is 2.27. The second-order valence-electron chi connectivity index (χ2n) is 7.27. The average Bonchev–Trinajstić information content (AvgIpc) is 2.82. The van der Waals surface area contributed by atoms with E-state index in [4.69, 9.17) is 4.74 Å². The fourth-order valence-corrected chi connectivity index (χ4v) is 3.35. The molecule has 0 heterocycles. The highest BCUT2D eigenvalue weighted by atomic mass is 16.6. The molecule has 1 atom stereocenters. The van der Waals surface area contributed by atoms with Crippen molar-refractivity contribution in [2.24, 2.45) is 0 Å². The van der Waals surface area contributed by atoms with E-state index in [0.29, 0.717) is 18.7 Å². The fourth-order valence-electron chi connectivity index (χ4n) is 3.35. The number of hydrogen-bond acceptors (Lipinski definition) is 3. The van der Waals surface area contributed by atoms with E-state index >= 15 is 0 Å². The fraction of sp³-hybridized carbons (Fsp3) is 0.231. The van der Waals surface area contributed by atoms with Gasteiger partial charge < -0.3 is 15.4 Å². The van der Waals surface area contributed by atoms with E-state index in [-0.39, 0.29) is 12.0 Å². The molecule has 3 aromatic rings. The third kappa shape index (κ3) is 5.95. The molecule has 0 fully saturated rings. The van der Waals surface area contributed by atoms with Gasteiger partial charge in [-0.3, -0.25) is 4.79 Å². The lowest BCUT2D eigenvalue weighted by Gasteiger charge is -2.16. The van der Waals surface area contributed by atoms with Crippen molar-refractivity contribution in [3.05, 3.63) is 95.6 Å². The lowest BCUT2D eigenvalue weighted by molar-refractivity contribution is 0.0953. The van der Waals surface area contributed by atoms with Gasteiger partial charge in [-0.15, -0.1) is 0 Å². The zero-order valence-electron chi connectivity index (χ0n) is 17.9. The molecule has 5 heteroatoms. The van der Waals surface area contributed by atoms with E-state index in [2.05, 4.69) is 10.6 Å². The van der Waals surface area contributed by atoms with Gasteiger partial charge in [0.15, 0.2) is 0 Å². The SMILES string of the molecule is CCCNC(=O)c1ccccc1-c1ccccc1CNC(=O)O[C@@H](C)c1ccccc1. The summed E-state index contributed by atoms with van der Waals surface area (Å²) in [5, 5.41) is 5.77. The molecule has 0 aromatic heterocycles. The van der Waals surface area contributed by atoms with Crippen LogP contribution in [0.25, 0.3) is 11.1 Å². The number of rotatable bonds is 8. The van der Waals surface area contributed by atoms with Crippen molar-refractivity contribution < 1.29 is 14.3 Å². The topological polar surface area (TPSA) is 67.4 Å². The maximum Gasteiger partial charge on any atom is 0.408 e. The Bertz CT molecular complexity index is 1020. The van der Waals surface area contributed by atoms with Gasteiger partial charge in [0.05, 0.1) is 0 Å². The Kier molecular flexibility index (Phi) is 7.82. The van der Waals surface area contributed by atoms with Gasteiger partial charge in [-0.1, -0.05) is 79.7 Å². The summed E-state index contributed by atoms with van der Waals surface area (Å²) in [6.07, 6.45) is 0.0392. The molecule has 5 nitrogen and oxygen atoms in total. The van der Waals surface area contributed by atoms with Gasteiger partial charge >= 0.3 is 6.09 Å². The molecule has 0 aliphatic heterocycles. The third-order valence-corrected chi connectivity index (χ3v) is 4.99. The average molecular weight is 417 g/mol. The molecule has 0 radical (unpaired) electrons. The zero-order valence-corrected chi connectivity index (χ0v) is 17.9. The largest absolute Gasteiger partial charge is 0.442 e. The van der Waals surface area contributed by atoms with E-state index in [0.717, 1.165) is 28.7 Å². The number of carbonyl (C=O) groups is 2. The first kappa shape index (κ1) is 22.1. The Morgan fingerprint density at radius 1 is 0.839 bits per heavy atom. The monoisotopic (exact) mass is 416 g/mol. The summed E-state index contributed by atoms with van der Waals surface area (Å²) in [5.74, 6) is -0.101. The summed E-state index contributed by atoms with van der Waals surface area (Å²) in [6.45, 7) is 4.78. The van der Waals surface area contributed by atoms with Crippen molar-refractivity contribution >= 4 is 12.0 Å². The summed E-state index contributed by atoms with van der Waals surface area (Å²) in [6, 6.07) is 24.9. The van der Waals surface area contributed by atoms with Crippen LogP contribution in [0.3, 0.4) is 0 Å². The number of ether oxygens (including phenoxy) is 1. The lowest BCUT2D eigenvalue weighted by Crippen LogP contribution is -2.26. The minimum Gasteiger partial charge on any atom is -0.442 e. The Labute approximate surface area is 183 Å². The number of amides is 2. The second-order valence-corrected chi connectivity index (χ2v) is 7.27. The van der Waals surface area contributed by atoms with Crippen LogP contribution < -0.4 is 10.6 Å².